The lowest BCUT2D eigenvalue weighted by Gasteiger charge is -2.22. The van der Waals surface area contributed by atoms with E-state index in [1.165, 1.54) is 5.56 Å². The van der Waals surface area contributed by atoms with Gasteiger partial charge in [0.1, 0.15) is 11.3 Å². The highest BCUT2D eigenvalue weighted by Gasteiger charge is 2.29. The van der Waals surface area contributed by atoms with Crippen molar-refractivity contribution >= 4 is 5.97 Å². The molecule has 0 aliphatic rings. The molecule has 1 aromatic carbocycles. The van der Waals surface area contributed by atoms with E-state index in [9.17, 15) is 4.79 Å². The van der Waals surface area contributed by atoms with Crippen LogP contribution in [0, 0.1) is 0 Å². The van der Waals surface area contributed by atoms with Crippen LogP contribution in [-0.4, -0.2) is 24.7 Å². The summed E-state index contributed by atoms with van der Waals surface area (Å²) in [4.78, 5) is 11.6. The van der Waals surface area contributed by atoms with Crippen molar-refractivity contribution in [3.63, 3.8) is 0 Å². The molecule has 0 saturated carbocycles. The summed E-state index contributed by atoms with van der Waals surface area (Å²) in [5.41, 5.74) is 6.18. The van der Waals surface area contributed by atoms with Gasteiger partial charge in [0.2, 0.25) is 0 Å². The third-order valence-electron chi connectivity index (χ3n) is 3.18. The van der Waals surface area contributed by atoms with Crippen molar-refractivity contribution in [2.75, 3.05) is 13.2 Å². The van der Waals surface area contributed by atoms with E-state index in [-0.39, 0.29) is 0 Å². The predicted molar refractivity (Wildman–Crippen MR) is 79.9 cm³/mol. The van der Waals surface area contributed by atoms with Crippen LogP contribution in [0.1, 0.15) is 45.6 Å². The van der Waals surface area contributed by atoms with E-state index < -0.39 is 11.5 Å². The molecular formula is C16H25NO3. The Hall–Kier alpha value is -1.55. The maximum absolute atomic E-state index is 11.6. The molecule has 0 saturated heterocycles. The quantitative estimate of drug-likeness (QED) is 0.780. The Morgan fingerprint density at radius 2 is 1.90 bits per heavy atom. The highest BCUT2D eigenvalue weighted by atomic mass is 16.5. The first kappa shape index (κ1) is 16.5. The topological polar surface area (TPSA) is 61.5 Å². The molecule has 0 radical (unpaired) electrons. The number of carbonyl (C=O) groups is 1. The van der Waals surface area contributed by atoms with Gasteiger partial charge in [0.05, 0.1) is 13.2 Å². The fourth-order valence-corrected chi connectivity index (χ4v) is 1.73. The highest BCUT2D eigenvalue weighted by Crippen LogP contribution is 2.19. The number of hydrogen-bond acceptors (Lipinski definition) is 4. The fourth-order valence-electron chi connectivity index (χ4n) is 1.73. The van der Waals surface area contributed by atoms with E-state index in [4.69, 9.17) is 15.2 Å². The normalized spacial score (nSPS) is 13.9. The van der Waals surface area contributed by atoms with Crippen LogP contribution in [0.2, 0.25) is 0 Å². The monoisotopic (exact) mass is 279 g/mol. The fraction of sp³-hybridized carbons (Fsp3) is 0.562. The van der Waals surface area contributed by atoms with Crippen LogP contribution in [0.3, 0.4) is 0 Å². The molecule has 1 unspecified atom stereocenters. The molecule has 1 atom stereocenters. The summed E-state index contributed by atoms with van der Waals surface area (Å²) in [7, 11) is 0. The lowest BCUT2D eigenvalue weighted by atomic mass is 10.0. The van der Waals surface area contributed by atoms with Crippen molar-refractivity contribution in [2.24, 2.45) is 5.73 Å². The highest BCUT2D eigenvalue weighted by molar-refractivity contribution is 5.79. The molecule has 0 aliphatic carbocycles. The lowest BCUT2D eigenvalue weighted by molar-refractivity contribution is -0.149. The molecule has 0 heterocycles. The largest absolute Gasteiger partial charge is 0.494 e. The summed E-state index contributed by atoms with van der Waals surface area (Å²) in [5.74, 6) is 0.896. The molecule has 0 amide bonds. The van der Waals surface area contributed by atoms with Gasteiger partial charge in [0.25, 0.3) is 0 Å². The first-order valence-electron chi connectivity index (χ1n) is 7.05. The number of ether oxygens (including phenoxy) is 2. The zero-order valence-corrected chi connectivity index (χ0v) is 12.8. The van der Waals surface area contributed by atoms with Crippen LogP contribution in [0.5, 0.6) is 5.75 Å². The predicted octanol–water partition coefficient (Wildman–Crippen LogP) is 2.86. The Labute approximate surface area is 121 Å². The molecule has 1 aromatic rings. The third-order valence-corrected chi connectivity index (χ3v) is 3.18. The first-order valence-corrected chi connectivity index (χ1v) is 7.05. The molecule has 4 nitrogen and oxygen atoms in total. The van der Waals surface area contributed by atoms with Crippen LogP contribution in [-0.2, 0) is 9.53 Å². The van der Waals surface area contributed by atoms with Crippen molar-refractivity contribution in [2.45, 2.75) is 45.6 Å². The van der Waals surface area contributed by atoms with Gasteiger partial charge in [-0.2, -0.15) is 0 Å². The number of benzene rings is 1. The van der Waals surface area contributed by atoms with Crippen LogP contribution in [0.15, 0.2) is 24.3 Å². The minimum absolute atomic E-state index is 0.336. The van der Waals surface area contributed by atoms with Gasteiger partial charge in [-0.25, -0.2) is 0 Å². The van der Waals surface area contributed by atoms with Gasteiger partial charge in [-0.05, 0) is 37.5 Å². The van der Waals surface area contributed by atoms with Gasteiger partial charge in [-0.3, -0.25) is 4.79 Å². The van der Waals surface area contributed by atoms with Crippen molar-refractivity contribution in [3.8, 4) is 5.75 Å². The molecule has 112 valence electrons. The van der Waals surface area contributed by atoms with E-state index in [2.05, 4.69) is 13.8 Å². The Kier molecular flexibility index (Phi) is 6.02. The van der Waals surface area contributed by atoms with Crippen molar-refractivity contribution in [1.82, 2.24) is 0 Å². The number of carbonyl (C=O) groups excluding carboxylic acids is 1. The number of hydrogen-bond donors (Lipinski definition) is 1. The third kappa shape index (κ3) is 4.85. The summed E-state index contributed by atoms with van der Waals surface area (Å²) < 4.78 is 10.5. The van der Waals surface area contributed by atoms with Crippen LogP contribution in [0.25, 0.3) is 0 Å². The van der Waals surface area contributed by atoms with Crippen molar-refractivity contribution in [1.29, 1.82) is 0 Å². The van der Waals surface area contributed by atoms with E-state index in [1.54, 1.807) is 13.8 Å². The van der Waals surface area contributed by atoms with E-state index in [0.29, 0.717) is 25.6 Å². The van der Waals surface area contributed by atoms with Gasteiger partial charge in [-0.1, -0.05) is 26.0 Å². The molecule has 0 spiro atoms. The molecule has 1 rings (SSSR count). The van der Waals surface area contributed by atoms with Gasteiger partial charge in [-0.15, -0.1) is 0 Å². The van der Waals surface area contributed by atoms with Crippen LogP contribution in [0.4, 0.5) is 0 Å². The second kappa shape index (κ2) is 7.29. The first-order chi connectivity index (χ1) is 9.36. The Balaban J connectivity index is 2.45. The van der Waals surface area contributed by atoms with E-state index >= 15 is 0 Å². The van der Waals surface area contributed by atoms with Gasteiger partial charge in [0, 0.05) is 6.42 Å². The number of rotatable bonds is 7. The smallest absolute Gasteiger partial charge is 0.325 e. The molecule has 0 aromatic heterocycles. The van der Waals surface area contributed by atoms with Crippen molar-refractivity contribution in [3.05, 3.63) is 29.8 Å². The lowest BCUT2D eigenvalue weighted by Crippen LogP contribution is -2.47. The van der Waals surface area contributed by atoms with Crippen LogP contribution >= 0.6 is 0 Å². The summed E-state index contributed by atoms with van der Waals surface area (Å²) >= 11 is 0. The Bertz CT molecular complexity index is 424. The second-order valence-electron chi connectivity index (χ2n) is 5.46. The average molecular weight is 279 g/mol. The maximum atomic E-state index is 11.6. The van der Waals surface area contributed by atoms with E-state index in [1.807, 2.05) is 24.3 Å². The van der Waals surface area contributed by atoms with Gasteiger partial charge < -0.3 is 15.2 Å². The zero-order valence-electron chi connectivity index (χ0n) is 12.8. The molecule has 0 bridgehead atoms. The Morgan fingerprint density at radius 3 is 2.40 bits per heavy atom. The molecule has 20 heavy (non-hydrogen) atoms. The van der Waals surface area contributed by atoms with Gasteiger partial charge in [0.15, 0.2) is 0 Å². The van der Waals surface area contributed by atoms with Crippen molar-refractivity contribution < 1.29 is 14.3 Å². The SMILES string of the molecule is CCOC(=O)C(C)(N)CCOc1ccc(C(C)C)cc1. The summed E-state index contributed by atoms with van der Waals surface area (Å²) in [6.45, 7) is 8.44. The van der Waals surface area contributed by atoms with Gasteiger partial charge >= 0.3 is 5.97 Å². The average Bonchev–Trinajstić information content (AvgIpc) is 2.39. The number of esters is 1. The maximum Gasteiger partial charge on any atom is 0.325 e. The molecule has 2 N–H and O–H groups in total. The van der Waals surface area contributed by atoms with E-state index in [0.717, 1.165) is 5.75 Å². The Morgan fingerprint density at radius 1 is 1.30 bits per heavy atom. The second-order valence-corrected chi connectivity index (χ2v) is 5.46. The molecule has 0 aliphatic heterocycles. The number of nitrogens with two attached hydrogens (primary N) is 1. The summed E-state index contributed by atoms with van der Waals surface area (Å²) in [6.07, 6.45) is 0.414. The molecular weight excluding hydrogens is 254 g/mol. The molecule has 0 fully saturated rings. The molecule has 4 heteroatoms. The minimum Gasteiger partial charge on any atom is -0.494 e. The zero-order chi connectivity index (χ0) is 15.2. The van der Waals surface area contributed by atoms with Crippen LogP contribution < -0.4 is 10.5 Å². The minimum atomic E-state index is -1.01. The standard InChI is InChI=1S/C16H25NO3/c1-5-19-15(18)16(4,17)10-11-20-14-8-6-13(7-9-14)12(2)3/h6-9,12H,5,10-11,17H2,1-4H3. The summed E-state index contributed by atoms with van der Waals surface area (Å²) in [6, 6.07) is 7.97. The summed E-state index contributed by atoms with van der Waals surface area (Å²) in [5, 5.41) is 0.